The van der Waals surface area contributed by atoms with Crippen molar-refractivity contribution in [3.05, 3.63) is 54.2 Å². The van der Waals surface area contributed by atoms with E-state index in [1.165, 1.54) is 12.4 Å². The van der Waals surface area contributed by atoms with Crippen molar-refractivity contribution in [2.24, 2.45) is 0 Å². The van der Waals surface area contributed by atoms with E-state index in [0.29, 0.717) is 17.4 Å². The van der Waals surface area contributed by atoms with E-state index in [-0.39, 0.29) is 11.6 Å². The first kappa shape index (κ1) is 18.9. The van der Waals surface area contributed by atoms with Crippen molar-refractivity contribution in [1.29, 1.82) is 0 Å². The molecule has 1 aliphatic rings. The first-order chi connectivity index (χ1) is 14.1. The molecular weight excluding hydrogens is 370 g/mol. The molecule has 9 nitrogen and oxygen atoms in total. The van der Waals surface area contributed by atoms with E-state index in [1.807, 2.05) is 24.3 Å². The van der Waals surface area contributed by atoms with Crippen molar-refractivity contribution in [2.75, 3.05) is 48.8 Å². The number of anilines is 4. The van der Waals surface area contributed by atoms with Gasteiger partial charge in [-0.1, -0.05) is 5.16 Å². The molecule has 0 aliphatic carbocycles. The maximum absolute atomic E-state index is 12.4. The number of piperazine rings is 1. The minimum absolute atomic E-state index is 0.232. The van der Waals surface area contributed by atoms with E-state index >= 15 is 0 Å². The maximum atomic E-state index is 12.4. The third-order valence-electron chi connectivity index (χ3n) is 4.76. The summed E-state index contributed by atoms with van der Waals surface area (Å²) >= 11 is 0. The van der Waals surface area contributed by atoms with Crippen LogP contribution in [-0.4, -0.2) is 59.2 Å². The van der Waals surface area contributed by atoms with Crippen LogP contribution in [0.1, 0.15) is 16.2 Å². The number of rotatable bonds is 5. The number of nitrogens with one attached hydrogen (secondary N) is 2. The number of amides is 1. The van der Waals surface area contributed by atoms with Crippen LogP contribution in [-0.2, 0) is 0 Å². The van der Waals surface area contributed by atoms with Gasteiger partial charge < -0.3 is 25.0 Å². The van der Waals surface area contributed by atoms with Gasteiger partial charge in [0.1, 0.15) is 17.3 Å². The molecule has 0 bridgehead atoms. The fraction of sp³-hybridized carbons (Fsp3) is 0.300. The smallest absolute Gasteiger partial charge is 0.275 e. The van der Waals surface area contributed by atoms with E-state index in [1.54, 1.807) is 13.0 Å². The fourth-order valence-electron chi connectivity index (χ4n) is 3.08. The Kier molecular flexibility index (Phi) is 5.39. The Morgan fingerprint density at radius 3 is 2.41 bits per heavy atom. The Balaban J connectivity index is 1.35. The molecule has 0 saturated carbocycles. The van der Waals surface area contributed by atoms with Crippen molar-refractivity contribution in [3.63, 3.8) is 0 Å². The van der Waals surface area contributed by atoms with E-state index in [0.717, 1.165) is 37.6 Å². The number of carbonyl (C=O) groups excluding carboxylic acids is 1. The second-order valence-electron chi connectivity index (χ2n) is 7.03. The third-order valence-corrected chi connectivity index (χ3v) is 4.76. The standard InChI is InChI=1S/C20H23N7O2/c1-14-11-18(25-29-14)24-19-13-21-17(12-22-19)20(28)23-15-3-5-16(6-4-15)27-9-7-26(2)8-10-27/h3-6,11-13H,7-10H2,1-2H3,(H,23,28)(H,22,24,25). The topological polar surface area (TPSA) is 99.4 Å². The van der Waals surface area contributed by atoms with E-state index in [4.69, 9.17) is 4.52 Å². The molecule has 1 amide bonds. The summed E-state index contributed by atoms with van der Waals surface area (Å²) in [5.74, 6) is 1.39. The molecule has 150 valence electrons. The number of benzene rings is 1. The quantitative estimate of drug-likeness (QED) is 0.682. The highest BCUT2D eigenvalue weighted by atomic mass is 16.5. The molecule has 4 rings (SSSR count). The van der Waals surface area contributed by atoms with Gasteiger partial charge in [0.05, 0.1) is 12.4 Å². The molecule has 29 heavy (non-hydrogen) atoms. The molecule has 2 N–H and O–H groups in total. The van der Waals surface area contributed by atoms with Crippen LogP contribution in [0.25, 0.3) is 0 Å². The van der Waals surface area contributed by atoms with Gasteiger partial charge in [-0.05, 0) is 38.2 Å². The number of aromatic nitrogens is 3. The Bertz CT molecular complexity index is 961. The van der Waals surface area contributed by atoms with Crippen molar-refractivity contribution in [3.8, 4) is 0 Å². The molecule has 3 aromatic rings. The van der Waals surface area contributed by atoms with Gasteiger partial charge in [-0.25, -0.2) is 9.97 Å². The lowest BCUT2D eigenvalue weighted by Gasteiger charge is -2.34. The van der Waals surface area contributed by atoms with E-state index < -0.39 is 0 Å². The molecule has 0 atom stereocenters. The summed E-state index contributed by atoms with van der Waals surface area (Å²) in [6.45, 7) is 5.92. The molecule has 1 fully saturated rings. The van der Waals surface area contributed by atoms with Gasteiger partial charge in [0.2, 0.25) is 0 Å². The van der Waals surface area contributed by atoms with Crippen LogP contribution >= 0.6 is 0 Å². The van der Waals surface area contributed by atoms with E-state index in [2.05, 4.69) is 42.6 Å². The number of nitrogens with zero attached hydrogens (tertiary/aromatic N) is 5. The second kappa shape index (κ2) is 8.27. The van der Waals surface area contributed by atoms with Gasteiger partial charge in [-0.15, -0.1) is 0 Å². The van der Waals surface area contributed by atoms with Crippen LogP contribution in [0.5, 0.6) is 0 Å². The third kappa shape index (κ3) is 4.69. The zero-order valence-electron chi connectivity index (χ0n) is 16.4. The largest absolute Gasteiger partial charge is 0.369 e. The number of hydrogen-bond donors (Lipinski definition) is 2. The lowest BCUT2D eigenvalue weighted by molar-refractivity contribution is 0.102. The first-order valence-corrected chi connectivity index (χ1v) is 9.44. The molecule has 1 aliphatic heterocycles. The van der Waals surface area contributed by atoms with Crippen LogP contribution < -0.4 is 15.5 Å². The Morgan fingerprint density at radius 1 is 1.03 bits per heavy atom. The summed E-state index contributed by atoms with van der Waals surface area (Å²) in [5.41, 5.74) is 2.11. The molecule has 2 aromatic heterocycles. The first-order valence-electron chi connectivity index (χ1n) is 9.44. The van der Waals surface area contributed by atoms with Crippen molar-refractivity contribution < 1.29 is 9.32 Å². The average molecular weight is 393 g/mol. The van der Waals surface area contributed by atoms with Crippen LogP contribution in [0.3, 0.4) is 0 Å². The lowest BCUT2D eigenvalue weighted by Crippen LogP contribution is -2.44. The average Bonchev–Trinajstić information content (AvgIpc) is 3.14. The zero-order chi connectivity index (χ0) is 20.2. The molecular formula is C20H23N7O2. The molecule has 0 spiro atoms. The SMILES string of the molecule is Cc1cc(Nc2cnc(C(=O)Nc3ccc(N4CCN(C)CC4)cc3)cn2)no1. The molecule has 0 unspecified atom stereocenters. The summed E-state index contributed by atoms with van der Waals surface area (Å²) in [6.07, 6.45) is 2.90. The van der Waals surface area contributed by atoms with Crippen LogP contribution in [0, 0.1) is 6.92 Å². The summed E-state index contributed by atoms with van der Waals surface area (Å²) < 4.78 is 4.99. The maximum Gasteiger partial charge on any atom is 0.275 e. The highest BCUT2D eigenvalue weighted by molar-refractivity contribution is 6.02. The van der Waals surface area contributed by atoms with Crippen molar-refractivity contribution >= 4 is 28.9 Å². The summed E-state index contributed by atoms with van der Waals surface area (Å²) in [6, 6.07) is 9.61. The summed E-state index contributed by atoms with van der Waals surface area (Å²) in [4.78, 5) is 25.5. The molecule has 9 heteroatoms. The van der Waals surface area contributed by atoms with Crippen LogP contribution in [0.15, 0.2) is 47.2 Å². The molecule has 0 radical (unpaired) electrons. The molecule has 1 saturated heterocycles. The summed E-state index contributed by atoms with van der Waals surface area (Å²) in [5, 5.41) is 9.64. The monoisotopic (exact) mass is 393 g/mol. The van der Waals surface area contributed by atoms with Gasteiger partial charge in [-0.3, -0.25) is 4.79 Å². The Morgan fingerprint density at radius 2 is 1.79 bits per heavy atom. The fourth-order valence-corrected chi connectivity index (χ4v) is 3.08. The van der Waals surface area contributed by atoms with Gasteiger partial charge >= 0.3 is 0 Å². The Labute approximate surface area is 168 Å². The van der Waals surface area contributed by atoms with Gasteiger partial charge in [0, 0.05) is 43.6 Å². The van der Waals surface area contributed by atoms with Gasteiger partial charge in [0.15, 0.2) is 5.82 Å². The number of aryl methyl sites for hydroxylation is 1. The number of likely N-dealkylation sites (N-methyl/N-ethyl adjacent to an activating group) is 1. The predicted octanol–water partition coefficient (Wildman–Crippen LogP) is 2.52. The minimum Gasteiger partial charge on any atom is -0.369 e. The highest BCUT2D eigenvalue weighted by Gasteiger charge is 2.14. The Hall–Kier alpha value is -3.46. The van der Waals surface area contributed by atoms with Crippen LogP contribution in [0.4, 0.5) is 23.0 Å². The van der Waals surface area contributed by atoms with Crippen LogP contribution in [0.2, 0.25) is 0 Å². The lowest BCUT2D eigenvalue weighted by atomic mass is 10.2. The number of carbonyl (C=O) groups is 1. The number of hydrogen-bond acceptors (Lipinski definition) is 8. The second-order valence-corrected chi connectivity index (χ2v) is 7.03. The van der Waals surface area contributed by atoms with Gasteiger partial charge in [0.25, 0.3) is 5.91 Å². The van der Waals surface area contributed by atoms with Crippen molar-refractivity contribution in [1.82, 2.24) is 20.0 Å². The zero-order valence-corrected chi connectivity index (χ0v) is 16.4. The highest BCUT2D eigenvalue weighted by Crippen LogP contribution is 2.20. The van der Waals surface area contributed by atoms with E-state index in [9.17, 15) is 4.79 Å². The molecule has 1 aromatic carbocycles. The molecule has 3 heterocycles. The normalized spacial score (nSPS) is 14.6. The van der Waals surface area contributed by atoms with Gasteiger partial charge in [-0.2, -0.15) is 0 Å². The van der Waals surface area contributed by atoms with Crippen molar-refractivity contribution in [2.45, 2.75) is 6.92 Å². The minimum atomic E-state index is -0.311. The summed E-state index contributed by atoms with van der Waals surface area (Å²) in [7, 11) is 2.14. The predicted molar refractivity (Wildman–Crippen MR) is 111 cm³/mol.